The second-order valence-electron chi connectivity index (χ2n) is 6.89. The smallest absolute Gasteiger partial charge is 0.291 e. The van der Waals surface area contributed by atoms with Crippen LogP contribution in [0.15, 0.2) is 69.8 Å². The number of carbonyl (C=O) groups excluding carboxylic acids is 2. The number of nitrogens with zero attached hydrogens (tertiary/aromatic N) is 2. The van der Waals surface area contributed by atoms with E-state index in [-0.39, 0.29) is 17.6 Å². The molecule has 0 saturated carbocycles. The number of amides is 2. The van der Waals surface area contributed by atoms with Crippen molar-refractivity contribution >= 4 is 50.7 Å². The van der Waals surface area contributed by atoms with Crippen molar-refractivity contribution < 1.29 is 14.0 Å². The monoisotopic (exact) mass is 487 g/mol. The molecule has 2 amide bonds. The standard InChI is InChI=1S/C22H19BrClN3O3/c23-20-9-8-19(30-20)21(28)25-17-3-1-2-15(14-17)22(29)27-12-10-26(11-13-27)18-6-4-16(24)5-7-18/h1-9,14H,10-13H2,(H,25,28). The van der Waals surface area contributed by atoms with Crippen molar-refractivity contribution in [2.75, 3.05) is 36.4 Å². The van der Waals surface area contributed by atoms with E-state index in [0.29, 0.717) is 34.0 Å². The summed E-state index contributed by atoms with van der Waals surface area (Å²) in [7, 11) is 0. The molecule has 0 atom stereocenters. The van der Waals surface area contributed by atoms with Gasteiger partial charge in [-0.25, -0.2) is 0 Å². The van der Waals surface area contributed by atoms with Crippen molar-refractivity contribution in [1.29, 1.82) is 0 Å². The van der Waals surface area contributed by atoms with Crippen LogP contribution in [0, 0.1) is 0 Å². The summed E-state index contributed by atoms with van der Waals surface area (Å²) in [6.45, 7) is 2.74. The number of carbonyl (C=O) groups is 2. The van der Waals surface area contributed by atoms with Gasteiger partial charge in [0, 0.05) is 48.1 Å². The zero-order valence-corrected chi connectivity index (χ0v) is 18.3. The summed E-state index contributed by atoms with van der Waals surface area (Å²) < 4.78 is 5.74. The number of anilines is 2. The van der Waals surface area contributed by atoms with Gasteiger partial charge >= 0.3 is 0 Å². The third kappa shape index (κ3) is 4.68. The maximum atomic E-state index is 13.0. The molecule has 1 aliphatic rings. The van der Waals surface area contributed by atoms with Crippen LogP contribution in [0.2, 0.25) is 5.02 Å². The Morgan fingerprint density at radius 1 is 0.967 bits per heavy atom. The molecule has 1 saturated heterocycles. The highest BCUT2D eigenvalue weighted by Crippen LogP contribution is 2.21. The van der Waals surface area contributed by atoms with Crippen molar-refractivity contribution in [3.8, 4) is 0 Å². The minimum atomic E-state index is -0.373. The second kappa shape index (κ2) is 8.93. The van der Waals surface area contributed by atoms with Gasteiger partial charge in [0.1, 0.15) is 0 Å². The van der Waals surface area contributed by atoms with E-state index in [4.69, 9.17) is 16.0 Å². The van der Waals surface area contributed by atoms with Gasteiger partial charge in [0.05, 0.1) is 0 Å². The van der Waals surface area contributed by atoms with Crippen molar-refractivity contribution in [2.24, 2.45) is 0 Å². The summed E-state index contributed by atoms with van der Waals surface area (Å²) in [6.07, 6.45) is 0. The average molecular weight is 489 g/mol. The molecule has 8 heteroatoms. The summed E-state index contributed by atoms with van der Waals surface area (Å²) in [5.74, 6) is -0.235. The fourth-order valence-electron chi connectivity index (χ4n) is 3.36. The maximum Gasteiger partial charge on any atom is 0.291 e. The normalized spacial score (nSPS) is 13.9. The van der Waals surface area contributed by atoms with E-state index in [1.807, 2.05) is 29.2 Å². The fourth-order valence-corrected chi connectivity index (χ4v) is 3.79. The van der Waals surface area contributed by atoms with Crippen LogP contribution in [-0.4, -0.2) is 42.9 Å². The largest absolute Gasteiger partial charge is 0.444 e. The Morgan fingerprint density at radius 3 is 2.37 bits per heavy atom. The lowest BCUT2D eigenvalue weighted by Crippen LogP contribution is -2.48. The molecule has 1 aromatic heterocycles. The molecule has 6 nitrogen and oxygen atoms in total. The molecule has 1 N–H and O–H groups in total. The molecule has 154 valence electrons. The first-order chi connectivity index (χ1) is 14.5. The Bertz CT molecular complexity index is 1060. The first kappa shape index (κ1) is 20.5. The predicted octanol–water partition coefficient (Wildman–Crippen LogP) is 4.91. The van der Waals surface area contributed by atoms with E-state index >= 15 is 0 Å². The first-order valence-electron chi connectivity index (χ1n) is 9.46. The zero-order valence-electron chi connectivity index (χ0n) is 16.0. The van der Waals surface area contributed by atoms with Gasteiger partial charge in [-0.05, 0) is 70.5 Å². The number of furan rings is 1. The highest BCUT2D eigenvalue weighted by Gasteiger charge is 2.23. The topological polar surface area (TPSA) is 65.8 Å². The molecule has 0 spiro atoms. The molecule has 2 aromatic carbocycles. The molecular formula is C22H19BrClN3O3. The molecule has 4 rings (SSSR count). The van der Waals surface area contributed by atoms with Crippen molar-refractivity contribution in [1.82, 2.24) is 4.90 Å². The Balaban J connectivity index is 1.38. The van der Waals surface area contributed by atoms with Gasteiger partial charge in [0.15, 0.2) is 10.4 Å². The van der Waals surface area contributed by atoms with E-state index < -0.39 is 0 Å². The first-order valence-corrected chi connectivity index (χ1v) is 10.6. The number of hydrogen-bond acceptors (Lipinski definition) is 4. The number of rotatable bonds is 4. The SMILES string of the molecule is O=C(Nc1cccc(C(=O)N2CCN(c3ccc(Cl)cc3)CC2)c1)c1ccc(Br)o1. The summed E-state index contributed by atoms with van der Waals surface area (Å²) in [6, 6.07) is 17.9. The molecule has 0 aliphatic carbocycles. The lowest BCUT2D eigenvalue weighted by molar-refractivity contribution is 0.0746. The van der Waals surface area contributed by atoms with Crippen LogP contribution in [0.3, 0.4) is 0 Å². The fraction of sp³-hybridized carbons (Fsp3) is 0.182. The highest BCUT2D eigenvalue weighted by atomic mass is 79.9. The number of halogens is 2. The summed E-state index contributed by atoms with van der Waals surface area (Å²) >= 11 is 9.13. The third-order valence-electron chi connectivity index (χ3n) is 4.92. The van der Waals surface area contributed by atoms with Crippen LogP contribution < -0.4 is 10.2 Å². The molecular weight excluding hydrogens is 470 g/mol. The Morgan fingerprint density at radius 2 is 1.70 bits per heavy atom. The Hall–Kier alpha value is -2.77. The number of piperazine rings is 1. The molecule has 0 unspecified atom stereocenters. The van der Waals surface area contributed by atoms with Gasteiger partial charge in [0.25, 0.3) is 11.8 Å². The van der Waals surface area contributed by atoms with Crippen molar-refractivity contribution in [2.45, 2.75) is 0 Å². The van der Waals surface area contributed by atoms with Gasteiger partial charge in [0.2, 0.25) is 0 Å². The highest BCUT2D eigenvalue weighted by molar-refractivity contribution is 9.10. The number of nitrogens with one attached hydrogen (secondary N) is 1. The van der Waals surface area contributed by atoms with Gasteiger partial charge in [-0.3, -0.25) is 9.59 Å². The Labute approximate surface area is 187 Å². The van der Waals surface area contributed by atoms with Crippen LogP contribution in [-0.2, 0) is 0 Å². The van der Waals surface area contributed by atoms with E-state index in [0.717, 1.165) is 18.8 Å². The molecule has 0 bridgehead atoms. The van der Waals surface area contributed by atoms with E-state index in [9.17, 15) is 9.59 Å². The number of benzene rings is 2. The maximum absolute atomic E-state index is 13.0. The van der Waals surface area contributed by atoms with Crippen molar-refractivity contribution in [3.63, 3.8) is 0 Å². The van der Waals surface area contributed by atoms with E-state index in [1.165, 1.54) is 0 Å². The summed E-state index contributed by atoms with van der Waals surface area (Å²) in [5.41, 5.74) is 2.17. The molecule has 0 radical (unpaired) electrons. The quantitative estimate of drug-likeness (QED) is 0.567. The zero-order chi connectivity index (χ0) is 21.1. The molecule has 1 fully saturated rings. The average Bonchev–Trinajstić information content (AvgIpc) is 3.21. The van der Waals surface area contributed by atoms with Crippen molar-refractivity contribution in [3.05, 3.63) is 81.7 Å². The minimum Gasteiger partial charge on any atom is -0.444 e. The lowest BCUT2D eigenvalue weighted by Gasteiger charge is -2.36. The summed E-state index contributed by atoms with van der Waals surface area (Å²) in [5, 5.41) is 3.47. The molecule has 3 aromatic rings. The van der Waals surface area contributed by atoms with Gasteiger partial charge in [-0.15, -0.1) is 0 Å². The molecule has 2 heterocycles. The van der Waals surface area contributed by atoms with Crippen LogP contribution >= 0.6 is 27.5 Å². The third-order valence-corrected chi connectivity index (χ3v) is 5.60. The van der Waals surface area contributed by atoms with E-state index in [1.54, 1.807) is 36.4 Å². The van der Waals surface area contributed by atoms with Gasteiger partial charge in [-0.1, -0.05) is 17.7 Å². The summed E-state index contributed by atoms with van der Waals surface area (Å²) in [4.78, 5) is 29.3. The van der Waals surface area contributed by atoms with Crippen LogP contribution in [0.5, 0.6) is 0 Å². The van der Waals surface area contributed by atoms with Crippen LogP contribution in [0.25, 0.3) is 0 Å². The van der Waals surface area contributed by atoms with Gasteiger partial charge in [-0.2, -0.15) is 0 Å². The van der Waals surface area contributed by atoms with Crippen LogP contribution in [0.1, 0.15) is 20.9 Å². The van der Waals surface area contributed by atoms with Gasteiger partial charge < -0.3 is 19.5 Å². The predicted molar refractivity (Wildman–Crippen MR) is 120 cm³/mol. The second-order valence-corrected chi connectivity index (χ2v) is 8.11. The van der Waals surface area contributed by atoms with E-state index in [2.05, 4.69) is 26.1 Å². The molecule has 1 aliphatic heterocycles. The molecule has 30 heavy (non-hydrogen) atoms. The Kier molecular flexibility index (Phi) is 6.11. The number of hydrogen-bond donors (Lipinski definition) is 1. The van der Waals surface area contributed by atoms with Crippen LogP contribution in [0.4, 0.5) is 11.4 Å². The minimum absolute atomic E-state index is 0.0531. The lowest BCUT2D eigenvalue weighted by atomic mass is 10.1.